The molecule has 0 spiro atoms. The lowest BCUT2D eigenvalue weighted by molar-refractivity contribution is -0.137. The molecule has 2 heterocycles. The van der Waals surface area contributed by atoms with Gasteiger partial charge in [-0.3, -0.25) is 0 Å². The minimum atomic E-state index is -4.35. The quantitative estimate of drug-likeness (QED) is 0.432. The molecule has 2 aromatic carbocycles. The molecule has 142 valence electrons. The molecular weight excluding hydrogens is 370 g/mol. The average Bonchev–Trinajstić information content (AvgIpc) is 3.06. The van der Waals surface area contributed by atoms with Crippen LogP contribution in [0.15, 0.2) is 60.9 Å². The van der Waals surface area contributed by atoms with E-state index in [0.29, 0.717) is 29.3 Å². The minimum absolute atomic E-state index is 0.309. The lowest BCUT2D eigenvalue weighted by atomic mass is 10.1. The number of hydrogen-bond acceptors (Lipinski definition) is 2. The molecule has 0 N–H and O–H groups in total. The third kappa shape index (κ3) is 3.60. The fourth-order valence-electron chi connectivity index (χ4n) is 2.99. The first-order valence-electron chi connectivity index (χ1n) is 8.56. The molecule has 2 aliphatic rings. The summed E-state index contributed by atoms with van der Waals surface area (Å²) in [7, 11) is 0. The largest absolute Gasteiger partial charge is 0.416 e. The summed E-state index contributed by atoms with van der Waals surface area (Å²) in [5, 5.41) is 0. The lowest BCUT2D eigenvalue weighted by Crippen LogP contribution is -2.05. The third-order valence-corrected chi connectivity index (χ3v) is 4.44. The molecule has 2 aromatic rings. The summed E-state index contributed by atoms with van der Waals surface area (Å²) >= 11 is 0. The van der Waals surface area contributed by atoms with Gasteiger partial charge in [-0.2, -0.15) is 13.2 Å². The van der Waals surface area contributed by atoms with Crippen molar-refractivity contribution in [1.29, 1.82) is 0 Å². The first-order chi connectivity index (χ1) is 13.3. The first-order valence-corrected chi connectivity index (χ1v) is 8.56. The zero-order valence-corrected chi connectivity index (χ0v) is 14.8. The van der Waals surface area contributed by atoms with Crippen molar-refractivity contribution in [3.05, 3.63) is 83.4 Å². The van der Waals surface area contributed by atoms with Gasteiger partial charge in [0.25, 0.3) is 0 Å². The van der Waals surface area contributed by atoms with Crippen LogP contribution in [0.3, 0.4) is 0 Å². The van der Waals surface area contributed by atoms with Crippen molar-refractivity contribution in [2.24, 2.45) is 0 Å². The van der Waals surface area contributed by atoms with Gasteiger partial charge in [-0.25, -0.2) is 14.4 Å². The highest BCUT2D eigenvalue weighted by atomic mass is 19.4. The van der Waals surface area contributed by atoms with Gasteiger partial charge < -0.3 is 4.57 Å². The number of pyridine rings is 1. The van der Waals surface area contributed by atoms with Crippen molar-refractivity contribution in [3.8, 4) is 22.8 Å². The number of benzene rings is 2. The predicted octanol–water partition coefficient (Wildman–Crippen LogP) is 5.56. The van der Waals surface area contributed by atoms with Crippen LogP contribution in [0.5, 0.6) is 0 Å². The van der Waals surface area contributed by atoms with Gasteiger partial charge in [0.15, 0.2) is 5.82 Å². The number of alkyl halides is 3. The molecule has 2 aliphatic heterocycles. The molecule has 0 fully saturated rings. The molecule has 0 saturated heterocycles. The third-order valence-electron chi connectivity index (χ3n) is 4.44. The second-order valence-corrected chi connectivity index (χ2v) is 6.61. The molecule has 0 amide bonds. The average molecular weight is 385 g/mol. The van der Waals surface area contributed by atoms with E-state index < -0.39 is 17.6 Å². The Morgan fingerprint density at radius 2 is 1.64 bits per heavy atom. The van der Waals surface area contributed by atoms with Gasteiger partial charge >= 0.3 is 6.18 Å². The summed E-state index contributed by atoms with van der Waals surface area (Å²) < 4.78 is 53.9. The highest BCUT2D eigenvalue weighted by Gasteiger charge is 2.29. The van der Waals surface area contributed by atoms with E-state index in [1.54, 1.807) is 35.2 Å². The Morgan fingerprint density at radius 3 is 2.36 bits per heavy atom. The zero-order chi connectivity index (χ0) is 19.9. The summed E-state index contributed by atoms with van der Waals surface area (Å²) in [6.07, 6.45) is -0.834. The molecule has 0 atom stereocenters. The van der Waals surface area contributed by atoms with Gasteiger partial charge in [-0.15, -0.1) is 0 Å². The number of hydrogen-bond donors (Lipinski definition) is 0. The van der Waals surface area contributed by atoms with E-state index in [1.807, 2.05) is 6.92 Å². The van der Waals surface area contributed by atoms with E-state index in [0.717, 1.165) is 23.3 Å². The van der Waals surface area contributed by atoms with Crippen LogP contribution in [0.1, 0.15) is 16.7 Å². The number of rotatable bonds is 3. The fourth-order valence-corrected chi connectivity index (χ4v) is 2.99. The van der Waals surface area contributed by atoms with E-state index in [4.69, 9.17) is 0 Å². The number of nitrogens with zero attached hydrogens (tertiary/aromatic N) is 3. The molecule has 0 aromatic heterocycles. The van der Waals surface area contributed by atoms with E-state index in [1.165, 1.54) is 18.2 Å². The van der Waals surface area contributed by atoms with Crippen molar-refractivity contribution >= 4 is 0 Å². The predicted molar refractivity (Wildman–Crippen MR) is 97.3 cm³/mol. The second-order valence-electron chi connectivity index (χ2n) is 6.61. The van der Waals surface area contributed by atoms with Gasteiger partial charge in [-0.05, 0) is 42.8 Å². The van der Waals surface area contributed by atoms with E-state index in [-0.39, 0.29) is 0 Å². The molecule has 7 heteroatoms. The molecular formula is C21H15F4N3. The van der Waals surface area contributed by atoms with Gasteiger partial charge in [0.05, 0.1) is 16.8 Å². The van der Waals surface area contributed by atoms with Crippen LogP contribution in [0.4, 0.5) is 17.6 Å². The summed E-state index contributed by atoms with van der Waals surface area (Å²) in [5.74, 6) is -0.0815. The standard InChI is InChI=1S/C21H15F4N3/c1-13-2-7-17(22)16(10-13)20-26-18-8-9-28(12-19(18)27-20)11-14-3-5-15(6-4-14)21(23,24)25/h2-10,12H,11H2,1H3. The number of aromatic nitrogens is 3. The van der Waals surface area contributed by atoms with Crippen molar-refractivity contribution < 1.29 is 17.6 Å². The van der Waals surface area contributed by atoms with Crippen molar-refractivity contribution in [3.63, 3.8) is 0 Å². The maximum atomic E-state index is 14.1. The van der Waals surface area contributed by atoms with Crippen LogP contribution in [-0.2, 0) is 12.7 Å². The highest BCUT2D eigenvalue weighted by molar-refractivity contribution is 5.66. The summed E-state index contributed by atoms with van der Waals surface area (Å²) in [4.78, 5) is 8.80. The zero-order valence-electron chi connectivity index (χ0n) is 14.8. The summed E-state index contributed by atoms with van der Waals surface area (Å²) in [6.45, 7) is 2.25. The van der Waals surface area contributed by atoms with Gasteiger partial charge in [0, 0.05) is 18.9 Å². The lowest BCUT2D eigenvalue weighted by Gasteiger charge is -2.10. The number of aryl methyl sites for hydroxylation is 1. The fraction of sp³-hybridized carbons (Fsp3) is 0.143. The van der Waals surface area contributed by atoms with E-state index in [9.17, 15) is 17.6 Å². The van der Waals surface area contributed by atoms with Crippen molar-refractivity contribution in [1.82, 2.24) is 14.5 Å². The number of imidazole rings is 1. The van der Waals surface area contributed by atoms with Gasteiger partial charge in [-0.1, -0.05) is 23.8 Å². The monoisotopic (exact) mass is 385 g/mol. The molecule has 0 radical (unpaired) electrons. The van der Waals surface area contributed by atoms with Crippen LogP contribution in [0, 0.1) is 12.7 Å². The van der Waals surface area contributed by atoms with E-state index in [2.05, 4.69) is 9.97 Å². The van der Waals surface area contributed by atoms with Crippen LogP contribution in [0.25, 0.3) is 22.8 Å². The Kier molecular flexibility index (Phi) is 4.37. The maximum Gasteiger partial charge on any atom is 0.416 e. The molecule has 28 heavy (non-hydrogen) atoms. The topological polar surface area (TPSA) is 30.7 Å². The smallest absolute Gasteiger partial charge is 0.348 e. The molecule has 3 nitrogen and oxygen atoms in total. The van der Waals surface area contributed by atoms with Crippen molar-refractivity contribution in [2.75, 3.05) is 0 Å². The summed E-state index contributed by atoms with van der Waals surface area (Å²) in [5.41, 5.74) is 2.50. The Bertz CT molecular complexity index is 1100. The molecule has 0 bridgehead atoms. The van der Waals surface area contributed by atoms with Crippen LogP contribution in [0.2, 0.25) is 0 Å². The Morgan fingerprint density at radius 1 is 0.929 bits per heavy atom. The second kappa shape index (κ2) is 6.74. The van der Waals surface area contributed by atoms with Crippen LogP contribution < -0.4 is 0 Å². The molecule has 0 saturated carbocycles. The first kappa shape index (κ1) is 18.2. The Balaban J connectivity index is 1.62. The van der Waals surface area contributed by atoms with Crippen LogP contribution >= 0.6 is 0 Å². The van der Waals surface area contributed by atoms with E-state index >= 15 is 0 Å². The van der Waals surface area contributed by atoms with Gasteiger partial charge in [0.1, 0.15) is 11.5 Å². The number of fused-ring (bicyclic) bond motifs is 1. The molecule has 0 unspecified atom stereocenters. The SMILES string of the molecule is Cc1ccc(F)c(-c2nc3ccn(Cc4ccc(C(F)(F)F)cc4)cc-3n2)c1. The maximum absolute atomic E-state index is 14.1. The molecule has 4 rings (SSSR count). The van der Waals surface area contributed by atoms with Crippen molar-refractivity contribution in [2.45, 2.75) is 19.6 Å². The Hall–Kier alpha value is -3.22. The summed E-state index contributed by atoms with van der Waals surface area (Å²) in [6, 6.07) is 11.5. The highest BCUT2D eigenvalue weighted by Crippen LogP contribution is 2.30. The van der Waals surface area contributed by atoms with Gasteiger partial charge in [0.2, 0.25) is 0 Å². The van der Waals surface area contributed by atoms with Crippen LogP contribution in [-0.4, -0.2) is 14.5 Å². The Labute approximate surface area is 158 Å². The molecule has 0 aliphatic carbocycles. The normalized spacial score (nSPS) is 11.9. The number of halogens is 4. The minimum Gasteiger partial charge on any atom is -0.348 e.